The molecule has 0 fully saturated rings. The van der Waals surface area contributed by atoms with Crippen LogP contribution < -0.4 is 16.0 Å². The van der Waals surface area contributed by atoms with E-state index < -0.39 is 62.0 Å². The maximum Gasteiger partial charge on any atom is 0.407 e. The van der Waals surface area contributed by atoms with Crippen molar-refractivity contribution in [2.45, 2.75) is 31.0 Å². The average molecular weight is 427 g/mol. The molecule has 30 heavy (non-hydrogen) atoms. The van der Waals surface area contributed by atoms with Crippen LogP contribution >= 0.6 is 0 Å². The largest absolute Gasteiger partial charge is 0.445 e. The van der Waals surface area contributed by atoms with Crippen LogP contribution in [-0.2, 0) is 25.7 Å². The van der Waals surface area contributed by atoms with Gasteiger partial charge in [0.05, 0.1) is 13.2 Å². The van der Waals surface area contributed by atoms with Crippen LogP contribution in [0.5, 0.6) is 0 Å². The van der Waals surface area contributed by atoms with Gasteiger partial charge in [0.25, 0.3) is 0 Å². The van der Waals surface area contributed by atoms with Crippen LogP contribution in [0.25, 0.3) is 0 Å². The molecule has 0 radical (unpaired) electrons. The van der Waals surface area contributed by atoms with E-state index in [9.17, 15) is 34.5 Å². The van der Waals surface area contributed by atoms with E-state index >= 15 is 0 Å². The number of aliphatic hydroxyl groups is 4. The van der Waals surface area contributed by atoms with Gasteiger partial charge in [0, 0.05) is 0 Å². The van der Waals surface area contributed by atoms with Crippen molar-refractivity contribution in [3.8, 4) is 0 Å². The predicted molar refractivity (Wildman–Crippen MR) is 101 cm³/mol. The van der Waals surface area contributed by atoms with Gasteiger partial charge in [-0.1, -0.05) is 30.3 Å². The molecule has 0 spiro atoms. The maximum absolute atomic E-state index is 11.8. The summed E-state index contributed by atoms with van der Waals surface area (Å²) in [6.45, 7) is -1.91. The normalized spacial score (nSPS) is 14.5. The lowest BCUT2D eigenvalue weighted by molar-refractivity contribution is -0.131. The number of amides is 3. The van der Waals surface area contributed by atoms with Crippen LogP contribution in [0, 0.1) is 0 Å². The van der Waals surface area contributed by atoms with Crippen LogP contribution in [0.3, 0.4) is 0 Å². The first-order valence-corrected chi connectivity index (χ1v) is 8.89. The SMILES string of the molecule is O=C[C@@H](NC(=O)CNC(=O)CNC(=O)OCc1ccccc1)[C@@H](O)[C@H](O)[C@H](O)CO. The van der Waals surface area contributed by atoms with Gasteiger partial charge < -0.3 is 45.9 Å². The van der Waals surface area contributed by atoms with Crippen molar-refractivity contribution < 1.29 is 44.3 Å². The zero-order valence-corrected chi connectivity index (χ0v) is 15.9. The lowest BCUT2D eigenvalue weighted by Crippen LogP contribution is -2.55. The number of nitrogens with one attached hydrogen (secondary N) is 3. The first-order valence-electron chi connectivity index (χ1n) is 8.89. The third-order valence-corrected chi connectivity index (χ3v) is 3.83. The highest BCUT2D eigenvalue weighted by atomic mass is 16.5. The first kappa shape index (κ1) is 25.0. The van der Waals surface area contributed by atoms with Crippen molar-refractivity contribution >= 4 is 24.2 Å². The molecular weight excluding hydrogens is 402 g/mol. The molecule has 0 aliphatic heterocycles. The Morgan fingerprint density at radius 3 is 2.20 bits per heavy atom. The number of alkyl carbamates (subject to hydrolysis) is 1. The summed E-state index contributed by atoms with van der Waals surface area (Å²) >= 11 is 0. The summed E-state index contributed by atoms with van der Waals surface area (Å²) in [7, 11) is 0. The molecule has 0 aromatic heterocycles. The fourth-order valence-corrected chi connectivity index (χ4v) is 2.15. The van der Waals surface area contributed by atoms with Crippen LogP contribution in [-0.4, -0.2) is 88.7 Å². The molecule has 0 saturated heterocycles. The molecule has 1 rings (SSSR count). The first-order chi connectivity index (χ1) is 14.3. The molecule has 4 atom stereocenters. The number of carbonyl (C=O) groups excluding carboxylic acids is 4. The van der Waals surface area contributed by atoms with Crippen molar-refractivity contribution in [1.29, 1.82) is 0 Å². The summed E-state index contributed by atoms with van der Waals surface area (Å²) in [5.74, 6) is -1.60. The fourth-order valence-electron chi connectivity index (χ4n) is 2.15. The average Bonchev–Trinajstić information content (AvgIpc) is 2.77. The van der Waals surface area contributed by atoms with Crippen molar-refractivity contribution in [2.24, 2.45) is 0 Å². The minimum atomic E-state index is -1.88. The summed E-state index contributed by atoms with van der Waals surface area (Å²) in [5, 5.41) is 43.8. The van der Waals surface area contributed by atoms with Crippen molar-refractivity contribution in [3.63, 3.8) is 0 Å². The standard InChI is InChI=1S/C18H25N3O9/c22-8-12(16(27)17(28)13(24)9-23)21-15(26)7-19-14(25)6-20-18(29)30-10-11-4-2-1-3-5-11/h1-5,8,12-13,16-17,23-24,27-28H,6-7,9-10H2,(H,19,25)(H,20,29)(H,21,26)/t12-,13-,16-,17-/m1/s1. The Labute approximate surface area is 171 Å². The van der Waals surface area contributed by atoms with E-state index in [-0.39, 0.29) is 12.9 Å². The number of hydrogen-bond acceptors (Lipinski definition) is 9. The molecule has 12 nitrogen and oxygen atoms in total. The molecule has 0 bridgehead atoms. The van der Waals surface area contributed by atoms with Crippen LogP contribution in [0.4, 0.5) is 4.79 Å². The second kappa shape index (κ2) is 13.2. The van der Waals surface area contributed by atoms with E-state index in [1.54, 1.807) is 24.3 Å². The quantitative estimate of drug-likeness (QED) is 0.168. The number of ether oxygens (including phenoxy) is 1. The molecule has 0 aliphatic rings. The lowest BCUT2D eigenvalue weighted by atomic mass is 10.0. The van der Waals surface area contributed by atoms with Gasteiger partial charge in [-0.05, 0) is 5.56 Å². The molecule has 3 amide bonds. The Morgan fingerprint density at radius 1 is 0.967 bits per heavy atom. The number of benzene rings is 1. The van der Waals surface area contributed by atoms with Gasteiger partial charge in [-0.25, -0.2) is 4.79 Å². The van der Waals surface area contributed by atoms with Gasteiger partial charge in [-0.3, -0.25) is 9.59 Å². The van der Waals surface area contributed by atoms with E-state index in [4.69, 9.17) is 9.84 Å². The molecule has 0 unspecified atom stereocenters. The molecule has 0 saturated carbocycles. The van der Waals surface area contributed by atoms with E-state index in [0.717, 1.165) is 5.56 Å². The topological polar surface area (TPSA) is 195 Å². The zero-order chi connectivity index (χ0) is 22.5. The molecule has 0 aliphatic carbocycles. The molecule has 1 aromatic rings. The number of aldehydes is 1. The zero-order valence-electron chi connectivity index (χ0n) is 15.9. The summed E-state index contributed by atoms with van der Waals surface area (Å²) in [6.07, 6.45) is -6.19. The Hall–Kier alpha value is -3.06. The summed E-state index contributed by atoms with van der Waals surface area (Å²) in [6, 6.07) is 7.29. The fraction of sp³-hybridized carbons (Fsp3) is 0.444. The molecule has 0 heterocycles. The summed E-state index contributed by atoms with van der Waals surface area (Å²) < 4.78 is 4.91. The van der Waals surface area contributed by atoms with Gasteiger partial charge in [-0.2, -0.15) is 0 Å². The second-order valence-corrected chi connectivity index (χ2v) is 6.15. The van der Waals surface area contributed by atoms with Crippen molar-refractivity contribution in [2.75, 3.05) is 19.7 Å². The number of aliphatic hydroxyl groups excluding tert-OH is 4. The molecule has 12 heteroatoms. The number of carbonyl (C=O) groups is 4. The van der Waals surface area contributed by atoms with Crippen LogP contribution in [0.15, 0.2) is 30.3 Å². The van der Waals surface area contributed by atoms with Gasteiger partial charge >= 0.3 is 6.09 Å². The van der Waals surface area contributed by atoms with Gasteiger partial charge in [0.2, 0.25) is 11.8 Å². The van der Waals surface area contributed by atoms with E-state index in [0.29, 0.717) is 0 Å². The van der Waals surface area contributed by atoms with E-state index in [2.05, 4.69) is 10.6 Å². The highest BCUT2D eigenvalue weighted by Gasteiger charge is 2.31. The third kappa shape index (κ3) is 8.96. The Morgan fingerprint density at radius 2 is 1.60 bits per heavy atom. The van der Waals surface area contributed by atoms with E-state index in [1.807, 2.05) is 11.4 Å². The molecule has 1 aromatic carbocycles. The number of hydrogen-bond donors (Lipinski definition) is 7. The van der Waals surface area contributed by atoms with Crippen LogP contribution in [0.2, 0.25) is 0 Å². The lowest BCUT2D eigenvalue weighted by Gasteiger charge is -2.26. The molecule has 166 valence electrons. The predicted octanol–water partition coefficient (Wildman–Crippen LogP) is -3.21. The van der Waals surface area contributed by atoms with Crippen molar-refractivity contribution in [1.82, 2.24) is 16.0 Å². The Balaban J connectivity index is 2.31. The van der Waals surface area contributed by atoms with Gasteiger partial charge in [-0.15, -0.1) is 0 Å². The number of rotatable bonds is 12. The van der Waals surface area contributed by atoms with Crippen molar-refractivity contribution in [3.05, 3.63) is 35.9 Å². The second-order valence-electron chi connectivity index (χ2n) is 6.15. The highest BCUT2D eigenvalue weighted by molar-refractivity contribution is 5.88. The third-order valence-electron chi connectivity index (χ3n) is 3.83. The highest BCUT2D eigenvalue weighted by Crippen LogP contribution is 2.04. The maximum atomic E-state index is 11.8. The smallest absolute Gasteiger partial charge is 0.407 e. The Bertz CT molecular complexity index is 701. The minimum Gasteiger partial charge on any atom is -0.445 e. The molecule has 7 N–H and O–H groups in total. The summed E-state index contributed by atoms with van der Waals surface area (Å²) in [4.78, 5) is 46.0. The van der Waals surface area contributed by atoms with Crippen LogP contribution in [0.1, 0.15) is 5.56 Å². The summed E-state index contributed by atoms with van der Waals surface area (Å²) in [5.41, 5.74) is 0.761. The molecular formula is C18H25N3O9. The monoisotopic (exact) mass is 427 g/mol. The van der Waals surface area contributed by atoms with Gasteiger partial charge in [0.1, 0.15) is 43.8 Å². The van der Waals surface area contributed by atoms with Gasteiger partial charge in [0.15, 0.2) is 0 Å². The van der Waals surface area contributed by atoms with E-state index in [1.165, 1.54) is 0 Å². The Kier molecular flexibility index (Phi) is 11.0. The minimum absolute atomic E-state index is 0.0168.